The van der Waals surface area contributed by atoms with E-state index >= 15 is 0 Å². The fourth-order valence-corrected chi connectivity index (χ4v) is 7.54. The molecule has 3 aliphatic rings. The number of pyridine rings is 1. The van der Waals surface area contributed by atoms with Gasteiger partial charge in [0.2, 0.25) is 5.91 Å². The number of carbonyl (C=O) groups is 1. The molecule has 2 N–H and O–H groups in total. The van der Waals surface area contributed by atoms with Crippen LogP contribution >= 0.6 is 34.8 Å². The molecule has 0 bridgehead atoms. The molecule has 0 radical (unpaired) electrons. The number of nitrogens with zero attached hydrogens (tertiary/aromatic N) is 3. The fourth-order valence-electron chi connectivity index (χ4n) is 6.67. The number of hydrogen-bond acceptors (Lipinski definition) is 6. The lowest BCUT2D eigenvalue weighted by atomic mass is 9.80. The summed E-state index contributed by atoms with van der Waals surface area (Å²) in [6, 6.07) is 13.6. The topological polar surface area (TPSA) is 69.7 Å². The SMILES string of the molecule is Cc1cc(Cl)c(O[C@@H]2CCN(c3ccc(C4CCNCC4C(=O)N(Cc4cc(CNCC(F)F)ccc4Cl)C4CC4)cn3)C2)c(Cl)c1. The molecule has 2 saturated heterocycles. The molecule has 3 atom stereocenters. The van der Waals surface area contributed by atoms with Crippen molar-refractivity contribution in [2.24, 2.45) is 5.92 Å². The van der Waals surface area contributed by atoms with Crippen LogP contribution < -0.4 is 20.3 Å². The summed E-state index contributed by atoms with van der Waals surface area (Å²) >= 11 is 19.4. The number of aryl methyl sites for hydroxylation is 1. The number of halogens is 5. The van der Waals surface area contributed by atoms with Gasteiger partial charge in [0, 0.05) is 49.9 Å². The number of hydrogen-bond donors (Lipinski definition) is 2. The second-order valence-corrected chi connectivity index (χ2v) is 14.1. The second-order valence-electron chi connectivity index (χ2n) is 12.8. The van der Waals surface area contributed by atoms with Crippen molar-refractivity contribution in [1.82, 2.24) is 20.5 Å². The number of rotatable bonds is 12. The summed E-state index contributed by atoms with van der Waals surface area (Å²) < 4.78 is 31.5. The Morgan fingerprint density at radius 1 is 1.09 bits per heavy atom. The Morgan fingerprint density at radius 2 is 1.87 bits per heavy atom. The van der Waals surface area contributed by atoms with Crippen molar-refractivity contribution in [2.45, 2.75) is 70.2 Å². The fraction of sp³-hybridized carbons (Fsp3) is 0.486. The maximum absolute atomic E-state index is 14.2. The lowest BCUT2D eigenvalue weighted by molar-refractivity contribution is -0.138. The number of alkyl halides is 2. The molecule has 1 saturated carbocycles. The third kappa shape index (κ3) is 8.49. The summed E-state index contributed by atoms with van der Waals surface area (Å²) in [6.07, 6.45) is 3.03. The molecule has 2 aromatic carbocycles. The van der Waals surface area contributed by atoms with Gasteiger partial charge in [-0.25, -0.2) is 13.8 Å². The van der Waals surface area contributed by atoms with Crippen LogP contribution in [0.1, 0.15) is 53.9 Å². The van der Waals surface area contributed by atoms with Crippen molar-refractivity contribution in [2.75, 3.05) is 37.6 Å². The van der Waals surface area contributed by atoms with E-state index in [-0.39, 0.29) is 36.4 Å². The minimum Gasteiger partial charge on any atom is -0.485 e. The summed E-state index contributed by atoms with van der Waals surface area (Å²) in [4.78, 5) is 23.2. The average molecular weight is 707 g/mol. The van der Waals surface area contributed by atoms with Crippen LogP contribution in [0.4, 0.5) is 14.6 Å². The Balaban J connectivity index is 1.11. The van der Waals surface area contributed by atoms with E-state index in [4.69, 9.17) is 44.5 Å². The number of aromatic nitrogens is 1. The molecule has 12 heteroatoms. The van der Waals surface area contributed by atoms with E-state index in [1.165, 1.54) is 0 Å². The summed E-state index contributed by atoms with van der Waals surface area (Å²) in [5.41, 5.74) is 3.72. The maximum atomic E-state index is 14.2. The molecule has 2 unspecified atom stereocenters. The Morgan fingerprint density at radius 3 is 2.57 bits per heavy atom. The van der Waals surface area contributed by atoms with E-state index in [0.29, 0.717) is 47.0 Å². The van der Waals surface area contributed by atoms with E-state index < -0.39 is 6.43 Å². The molecule has 1 amide bonds. The van der Waals surface area contributed by atoms with Crippen LogP contribution in [0.2, 0.25) is 15.1 Å². The van der Waals surface area contributed by atoms with Gasteiger partial charge in [-0.15, -0.1) is 0 Å². The number of nitrogens with one attached hydrogen (secondary N) is 2. The predicted octanol–water partition coefficient (Wildman–Crippen LogP) is 7.25. The van der Waals surface area contributed by atoms with E-state index in [9.17, 15) is 13.6 Å². The Bertz CT molecular complexity index is 1540. The first-order valence-electron chi connectivity index (χ1n) is 16.3. The van der Waals surface area contributed by atoms with Crippen molar-refractivity contribution in [3.63, 3.8) is 0 Å². The molecule has 2 aliphatic heterocycles. The number of amides is 1. The third-order valence-electron chi connectivity index (χ3n) is 9.24. The monoisotopic (exact) mass is 705 g/mol. The second kappa shape index (κ2) is 15.2. The molecular formula is C35H40Cl3F2N5O2. The van der Waals surface area contributed by atoms with Crippen molar-refractivity contribution in [3.8, 4) is 5.75 Å². The molecule has 0 spiro atoms. The molecule has 1 aliphatic carbocycles. The normalized spacial score (nSPS) is 21.3. The molecule has 252 valence electrons. The standard InChI is InChI=1S/C35H40Cl3F2N5O2/c1-21-12-30(37)34(31(38)13-21)47-26-9-11-44(20-26)33-7-3-23(16-43-33)27-8-10-41-17-28(27)35(46)45(25-4-5-25)19-24-14-22(2-6-29(24)36)15-42-18-32(39)40/h2-3,6-7,12-14,16,25-28,32,41-42H,4-5,8-11,15,17-20H2,1H3/t26-,27?,28?/m1/s1. The first-order chi connectivity index (χ1) is 22.7. The number of anilines is 1. The first kappa shape index (κ1) is 34.2. The zero-order valence-corrected chi connectivity index (χ0v) is 28.6. The molecule has 3 fully saturated rings. The van der Waals surface area contributed by atoms with Crippen molar-refractivity contribution < 1.29 is 18.3 Å². The van der Waals surface area contributed by atoms with E-state index in [2.05, 4.69) is 21.6 Å². The van der Waals surface area contributed by atoms with Crippen LogP contribution in [-0.4, -0.2) is 67.1 Å². The van der Waals surface area contributed by atoms with Crippen molar-refractivity contribution >= 4 is 46.5 Å². The van der Waals surface area contributed by atoms with Crippen LogP contribution in [0.15, 0.2) is 48.7 Å². The largest absolute Gasteiger partial charge is 0.485 e. The summed E-state index contributed by atoms with van der Waals surface area (Å²) in [7, 11) is 0. The number of piperidine rings is 1. The van der Waals surface area contributed by atoms with Gasteiger partial charge >= 0.3 is 0 Å². The zero-order valence-electron chi connectivity index (χ0n) is 26.3. The van der Waals surface area contributed by atoms with Crippen LogP contribution in [0, 0.1) is 12.8 Å². The van der Waals surface area contributed by atoms with Gasteiger partial charge in [-0.2, -0.15) is 0 Å². The smallest absolute Gasteiger partial charge is 0.250 e. The van der Waals surface area contributed by atoms with Gasteiger partial charge in [0.25, 0.3) is 6.43 Å². The lowest BCUT2D eigenvalue weighted by Gasteiger charge is -2.36. The number of carbonyl (C=O) groups excluding carboxylic acids is 1. The molecule has 47 heavy (non-hydrogen) atoms. The number of ether oxygens (including phenoxy) is 1. The van der Waals surface area contributed by atoms with Gasteiger partial charge in [0.1, 0.15) is 11.9 Å². The highest BCUT2D eigenvalue weighted by atomic mass is 35.5. The highest BCUT2D eigenvalue weighted by Crippen LogP contribution is 2.38. The Hall–Kier alpha value is -2.69. The molecule has 7 nitrogen and oxygen atoms in total. The van der Waals surface area contributed by atoms with Gasteiger partial charge < -0.3 is 25.2 Å². The van der Waals surface area contributed by atoms with Gasteiger partial charge in [0.05, 0.1) is 29.1 Å². The molecule has 3 aromatic rings. The minimum absolute atomic E-state index is 0.0346. The van der Waals surface area contributed by atoms with Crippen LogP contribution in [0.25, 0.3) is 0 Å². The van der Waals surface area contributed by atoms with Crippen molar-refractivity contribution in [1.29, 1.82) is 0 Å². The maximum Gasteiger partial charge on any atom is 0.250 e. The lowest BCUT2D eigenvalue weighted by Crippen LogP contribution is -2.47. The Labute approximate surface area is 289 Å². The molecular weight excluding hydrogens is 667 g/mol. The summed E-state index contributed by atoms with van der Waals surface area (Å²) in [6.45, 7) is 5.16. The molecule has 6 rings (SSSR count). The van der Waals surface area contributed by atoms with Crippen LogP contribution in [0.5, 0.6) is 5.75 Å². The van der Waals surface area contributed by atoms with E-state index in [1.807, 2.05) is 48.4 Å². The van der Waals surface area contributed by atoms with Gasteiger partial charge in [-0.05, 0) is 85.2 Å². The van der Waals surface area contributed by atoms with Gasteiger partial charge in [-0.3, -0.25) is 4.79 Å². The predicted molar refractivity (Wildman–Crippen MR) is 183 cm³/mol. The molecule has 1 aromatic heterocycles. The van der Waals surface area contributed by atoms with Crippen molar-refractivity contribution in [3.05, 3.63) is 86.0 Å². The molecule has 3 heterocycles. The minimum atomic E-state index is -2.41. The summed E-state index contributed by atoms with van der Waals surface area (Å²) in [5.74, 6) is 1.30. The number of benzene rings is 2. The average Bonchev–Trinajstić information content (AvgIpc) is 3.79. The van der Waals surface area contributed by atoms with E-state index in [1.54, 1.807) is 6.07 Å². The quantitative estimate of drug-likeness (QED) is 0.207. The first-order valence-corrected chi connectivity index (χ1v) is 17.4. The summed E-state index contributed by atoms with van der Waals surface area (Å²) in [5, 5.41) is 7.79. The zero-order chi connectivity index (χ0) is 33.1. The third-order valence-corrected chi connectivity index (χ3v) is 10.2. The van der Waals surface area contributed by atoms with Gasteiger partial charge in [-0.1, -0.05) is 53.0 Å². The van der Waals surface area contributed by atoms with E-state index in [0.717, 1.165) is 66.8 Å². The Kier molecular flexibility index (Phi) is 11.1. The highest BCUT2D eigenvalue weighted by molar-refractivity contribution is 6.37. The van der Waals surface area contributed by atoms with Crippen LogP contribution in [0.3, 0.4) is 0 Å². The van der Waals surface area contributed by atoms with Gasteiger partial charge in [0.15, 0.2) is 5.75 Å². The van der Waals surface area contributed by atoms with Crippen LogP contribution in [-0.2, 0) is 17.9 Å². The highest BCUT2D eigenvalue weighted by Gasteiger charge is 2.40.